The van der Waals surface area contributed by atoms with Gasteiger partial charge in [-0.2, -0.15) is 0 Å². The lowest BCUT2D eigenvalue weighted by molar-refractivity contribution is 0.0792. The van der Waals surface area contributed by atoms with Crippen molar-refractivity contribution in [3.05, 3.63) is 46.0 Å². The topological polar surface area (TPSA) is 20.3 Å². The average molecular weight is 266 g/mol. The predicted octanol–water partition coefficient (Wildman–Crippen LogP) is 2.98. The van der Waals surface area contributed by atoms with Crippen LogP contribution in [-0.2, 0) is 6.54 Å². The summed E-state index contributed by atoms with van der Waals surface area (Å²) in [6.07, 6.45) is 0. The van der Waals surface area contributed by atoms with Gasteiger partial charge in [-0.3, -0.25) is 4.79 Å². The molecule has 0 saturated carbocycles. The van der Waals surface area contributed by atoms with Crippen LogP contribution in [0.4, 0.5) is 0 Å². The summed E-state index contributed by atoms with van der Waals surface area (Å²) in [4.78, 5) is 13.8. The van der Waals surface area contributed by atoms with Gasteiger partial charge in [0.1, 0.15) is 0 Å². The number of rotatable bonds is 2. The van der Waals surface area contributed by atoms with Crippen molar-refractivity contribution in [3.63, 3.8) is 0 Å². The van der Waals surface area contributed by atoms with Crippen molar-refractivity contribution in [2.45, 2.75) is 13.5 Å². The number of fused-ring (bicyclic) bond motifs is 1. The predicted molar refractivity (Wildman–Crippen MR) is 63.7 cm³/mol. The first kappa shape index (κ1) is 10.4. The Hall–Kier alpha value is -1.09. The molecular formula is C12H12BrNO. The number of hydrogen-bond donors (Lipinski definition) is 0. The zero-order valence-corrected chi connectivity index (χ0v) is 10.2. The number of carbonyl (C=O) groups excluding carboxylic acids is 1. The summed E-state index contributed by atoms with van der Waals surface area (Å²) < 4.78 is 1.01. The Morgan fingerprint density at radius 1 is 1.60 bits per heavy atom. The molecule has 78 valence electrons. The Balaban J connectivity index is 2.33. The second-order valence-corrected chi connectivity index (χ2v) is 4.74. The lowest BCUT2D eigenvalue weighted by Crippen LogP contribution is -2.25. The maximum atomic E-state index is 11.9. The van der Waals surface area contributed by atoms with Gasteiger partial charge in [-0.1, -0.05) is 34.1 Å². The van der Waals surface area contributed by atoms with Crippen LogP contribution in [0.2, 0.25) is 0 Å². The van der Waals surface area contributed by atoms with E-state index in [0.29, 0.717) is 13.1 Å². The Bertz CT molecular complexity index is 439. The van der Waals surface area contributed by atoms with Gasteiger partial charge in [0.05, 0.1) is 0 Å². The van der Waals surface area contributed by atoms with Gasteiger partial charge in [0.25, 0.3) is 5.91 Å². The normalized spacial score (nSPS) is 14.3. The highest BCUT2D eigenvalue weighted by molar-refractivity contribution is 9.10. The molecule has 0 aliphatic carbocycles. The summed E-state index contributed by atoms with van der Waals surface area (Å²) in [5, 5.41) is 0. The van der Waals surface area contributed by atoms with Crippen LogP contribution in [-0.4, -0.2) is 17.4 Å². The van der Waals surface area contributed by atoms with Crippen molar-refractivity contribution in [1.82, 2.24) is 4.90 Å². The monoisotopic (exact) mass is 265 g/mol. The highest BCUT2D eigenvalue weighted by atomic mass is 79.9. The Morgan fingerprint density at radius 3 is 2.93 bits per heavy atom. The summed E-state index contributed by atoms with van der Waals surface area (Å²) in [5.41, 5.74) is 2.90. The minimum atomic E-state index is 0.106. The van der Waals surface area contributed by atoms with Crippen LogP contribution in [0.25, 0.3) is 0 Å². The first-order valence-corrected chi connectivity index (χ1v) is 5.60. The van der Waals surface area contributed by atoms with Crippen LogP contribution in [0.3, 0.4) is 0 Å². The SMILES string of the molecule is C=C(C)CN1Cc2c(Br)cccc2C1=O. The molecule has 1 aromatic carbocycles. The lowest BCUT2D eigenvalue weighted by Gasteiger charge is -2.14. The van der Waals surface area contributed by atoms with E-state index < -0.39 is 0 Å². The van der Waals surface area contributed by atoms with E-state index in [0.717, 1.165) is 21.2 Å². The van der Waals surface area contributed by atoms with Gasteiger partial charge in [-0.25, -0.2) is 0 Å². The van der Waals surface area contributed by atoms with Crippen LogP contribution in [0.5, 0.6) is 0 Å². The summed E-state index contributed by atoms with van der Waals surface area (Å²) in [5.74, 6) is 0.106. The lowest BCUT2D eigenvalue weighted by atomic mass is 10.1. The van der Waals surface area contributed by atoms with Crippen LogP contribution in [0, 0.1) is 0 Å². The van der Waals surface area contributed by atoms with Crippen LogP contribution < -0.4 is 0 Å². The molecule has 1 aliphatic rings. The second-order valence-electron chi connectivity index (χ2n) is 3.88. The Kier molecular flexibility index (Phi) is 2.65. The van der Waals surface area contributed by atoms with Gasteiger partial charge in [0.15, 0.2) is 0 Å². The van der Waals surface area contributed by atoms with Gasteiger partial charge in [-0.15, -0.1) is 0 Å². The van der Waals surface area contributed by atoms with E-state index in [1.807, 2.05) is 30.0 Å². The van der Waals surface area contributed by atoms with E-state index in [-0.39, 0.29) is 5.91 Å². The molecule has 15 heavy (non-hydrogen) atoms. The second kappa shape index (κ2) is 3.81. The number of halogens is 1. The molecule has 1 amide bonds. The van der Waals surface area contributed by atoms with Gasteiger partial charge >= 0.3 is 0 Å². The zero-order valence-electron chi connectivity index (χ0n) is 8.59. The molecule has 3 heteroatoms. The molecule has 0 saturated heterocycles. The zero-order chi connectivity index (χ0) is 11.0. The van der Waals surface area contributed by atoms with Gasteiger partial charge in [0.2, 0.25) is 0 Å². The fourth-order valence-corrected chi connectivity index (χ4v) is 2.30. The smallest absolute Gasteiger partial charge is 0.254 e. The van der Waals surface area contributed by atoms with Crippen LogP contribution >= 0.6 is 15.9 Å². The molecule has 2 nitrogen and oxygen atoms in total. The fraction of sp³-hybridized carbons (Fsp3) is 0.250. The number of carbonyl (C=O) groups is 1. The molecule has 0 unspecified atom stereocenters. The highest BCUT2D eigenvalue weighted by Crippen LogP contribution is 2.29. The third kappa shape index (κ3) is 1.84. The first-order chi connectivity index (χ1) is 7.09. The maximum absolute atomic E-state index is 11.9. The highest BCUT2D eigenvalue weighted by Gasteiger charge is 2.28. The average Bonchev–Trinajstić information content (AvgIpc) is 2.46. The quantitative estimate of drug-likeness (QED) is 0.753. The molecule has 0 bridgehead atoms. The largest absolute Gasteiger partial charge is 0.330 e. The van der Waals surface area contributed by atoms with Crippen molar-refractivity contribution in [1.29, 1.82) is 0 Å². The molecule has 1 heterocycles. The standard InChI is InChI=1S/C12H12BrNO/c1-8(2)6-14-7-10-9(12(14)15)4-3-5-11(10)13/h3-5H,1,6-7H2,2H3. The van der Waals surface area contributed by atoms with Crippen molar-refractivity contribution in [3.8, 4) is 0 Å². The number of amides is 1. The molecule has 0 radical (unpaired) electrons. The van der Waals surface area contributed by atoms with Gasteiger partial charge in [-0.05, 0) is 24.6 Å². The van der Waals surface area contributed by atoms with E-state index in [2.05, 4.69) is 22.5 Å². The summed E-state index contributed by atoms with van der Waals surface area (Å²) in [7, 11) is 0. The molecule has 0 N–H and O–H groups in total. The van der Waals surface area contributed by atoms with E-state index in [4.69, 9.17) is 0 Å². The van der Waals surface area contributed by atoms with E-state index in [1.54, 1.807) is 0 Å². The maximum Gasteiger partial charge on any atom is 0.254 e. The molecule has 0 spiro atoms. The van der Waals surface area contributed by atoms with E-state index in [1.165, 1.54) is 0 Å². The fourth-order valence-electron chi connectivity index (χ4n) is 1.81. The molecule has 0 aromatic heterocycles. The molecule has 0 fully saturated rings. The summed E-state index contributed by atoms with van der Waals surface area (Å²) in [6, 6.07) is 5.74. The number of nitrogens with zero attached hydrogens (tertiary/aromatic N) is 1. The minimum Gasteiger partial charge on any atom is -0.330 e. The minimum absolute atomic E-state index is 0.106. The Morgan fingerprint density at radius 2 is 2.33 bits per heavy atom. The molecule has 2 rings (SSSR count). The number of hydrogen-bond acceptors (Lipinski definition) is 1. The Labute approximate surface area is 97.7 Å². The van der Waals surface area contributed by atoms with Crippen molar-refractivity contribution < 1.29 is 4.79 Å². The van der Waals surface area contributed by atoms with Gasteiger partial charge in [0, 0.05) is 23.1 Å². The van der Waals surface area contributed by atoms with Gasteiger partial charge < -0.3 is 4.90 Å². The van der Waals surface area contributed by atoms with E-state index >= 15 is 0 Å². The number of benzene rings is 1. The third-order valence-electron chi connectivity index (χ3n) is 2.45. The van der Waals surface area contributed by atoms with E-state index in [9.17, 15) is 4.79 Å². The summed E-state index contributed by atoms with van der Waals surface area (Å²) >= 11 is 3.47. The van der Waals surface area contributed by atoms with Crippen molar-refractivity contribution in [2.75, 3.05) is 6.54 Å². The van der Waals surface area contributed by atoms with Crippen LogP contribution in [0.15, 0.2) is 34.8 Å². The third-order valence-corrected chi connectivity index (χ3v) is 3.19. The first-order valence-electron chi connectivity index (χ1n) is 4.80. The van der Waals surface area contributed by atoms with Crippen molar-refractivity contribution in [2.24, 2.45) is 0 Å². The molecule has 0 atom stereocenters. The molecule has 1 aliphatic heterocycles. The summed E-state index contributed by atoms with van der Waals surface area (Å²) in [6.45, 7) is 7.09. The molecule has 1 aromatic rings. The van der Waals surface area contributed by atoms with Crippen LogP contribution in [0.1, 0.15) is 22.8 Å². The molecular weight excluding hydrogens is 254 g/mol. The van der Waals surface area contributed by atoms with Crippen molar-refractivity contribution >= 4 is 21.8 Å².